The number of benzene rings is 2. The van der Waals surface area contributed by atoms with Gasteiger partial charge in [-0.25, -0.2) is 0 Å². The van der Waals surface area contributed by atoms with E-state index in [0.29, 0.717) is 0 Å². The Morgan fingerprint density at radius 3 is 2.61 bits per heavy atom. The summed E-state index contributed by atoms with van der Waals surface area (Å²) in [7, 11) is 0. The summed E-state index contributed by atoms with van der Waals surface area (Å²) in [5.41, 5.74) is 1.54. The molecule has 2 aliphatic rings. The van der Waals surface area contributed by atoms with Crippen LogP contribution >= 0.6 is 0 Å². The fourth-order valence-electron chi connectivity index (χ4n) is 3.62. The Morgan fingerprint density at radius 2 is 1.72 bits per heavy atom. The molecule has 18 heavy (non-hydrogen) atoms. The minimum absolute atomic E-state index is 0.130. The van der Waals surface area contributed by atoms with Crippen molar-refractivity contribution in [3.05, 3.63) is 42.0 Å². The highest BCUT2D eigenvalue weighted by molar-refractivity contribution is 5.90. The van der Waals surface area contributed by atoms with E-state index in [1.54, 1.807) is 0 Å². The highest BCUT2D eigenvalue weighted by Gasteiger charge is 2.40. The van der Waals surface area contributed by atoms with Crippen LogP contribution in [0.5, 0.6) is 5.75 Å². The minimum atomic E-state index is 0.130. The van der Waals surface area contributed by atoms with E-state index in [1.807, 2.05) is 0 Å². The van der Waals surface area contributed by atoms with E-state index in [4.69, 9.17) is 4.74 Å². The van der Waals surface area contributed by atoms with Crippen LogP contribution in [0.15, 0.2) is 36.4 Å². The van der Waals surface area contributed by atoms with Gasteiger partial charge in [-0.05, 0) is 36.6 Å². The van der Waals surface area contributed by atoms with Crippen molar-refractivity contribution in [2.24, 2.45) is 0 Å². The van der Waals surface area contributed by atoms with E-state index in [0.717, 1.165) is 12.2 Å². The molecule has 0 bridgehead atoms. The average Bonchev–Trinajstić information content (AvgIpc) is 2.78. The lowest BCUT2D eigenvalue weighted by Crippen LogP contribution is -2.36. The van der Waals surface area contributed by atoms with Gasteiger partial charge in [0.1, 0.15) is 11.4 Å². The van der Waals surface area contributed by atoms with E-state index < -0.39 is 0 Å². The Labute approximate surface area is 108 Å². The van der Waals surface area contributed by atoms with Gasteiger partial charge in [0.05, 0.1) is 0 Å². The molecule has 1 aliphatic heterocycles. The van der Waals surface area contributed by atoms with Crippen molar-refractivity contribution in [1.29, 1.82) is 0 Å². The highest BCUT2D eigenvalue weighted by atomic mass is 16.5. The van der Waals surface area contributed by atoms with E-state index in [-0.39, 0.29) is 5.60 Å². The first-order chi connectivity index (χ1) is 8.86. The topological polar surface area (TPSA) is 9.23 Å². The summed E-state index contributed by atoms with van der Waals surface area (Å²) in [4.78, 5) is 0. The summed E-state index contributed by atoms with van der Waals surface area (Å²) in [6.07, 6.45) is 7.61. The summed E-state index contributed by atoms with van der Waals surface area (Å²) in [5, 5.41) is 2.58. The molecular weight excluding hydrogens is 220 g/mol. The third-order valence-electron chi connectivity index (χ3n) is 4.56. The third-order valence-corrected chi connectivity index (χ3v) is 4.56. The first-order valence-corrected chi connectivity index (χ1v) is 7.06. The van der Waals surface area contributed by atoms with Gasteiger partial charge in [0.15, 0.2) is 0 Å². The molecule has 1 spiro atoms. The number of ether oxygens (including phenoxy) is 1. The predicted molar refractivity (Wildman–Crippen MR) is 74.1 cm³/mol. The second kappa shape index (κ2) is 3.74. The zero-order valence-corrected chi connectivity index (χ0v) is 10.6. The molecule has 1 nitrogen and oxygen atoms in total. The lowest BCUT2D eigenvalue weighted by Gasteiger charge is -2.32. The van der Waals surface area contributed by atoms with Crippen LogP contribution in [0.1, 0.15) is 37.7 Å². The molecule has 2 aromatic rings. The number of hydrogen-bond donors (Lipinski definition) is 0. The fourth-order valence-corrected chi connectivity index (χ4v) is 3.62. The SMILES string of the molecule is c1ccc2c3c(ccc2c1)CC1(CCCCC1)O3. The summed E-state index contributed by atoms with van der Waals surface area (Å²) in [6, 6.07) is 13.1. The van der Waals surface area contributed by atoms with Crippen molar-refractivity contribution in [1.82, 2.24) is 0 Å². The Morgan fingerprint density at radius 1 is 0.889 bits per heavy atom. The first kappa shape index (κ1) is 10.4. The number of fused-ring (bicyclic) bond motifs is 3. The van der Waals surface area contributed by atoms with E-state index >= 15 is 0 Å². The average molecular weight is 238 g/mol. The van der Waals surface area contributed by atoms with Crippen LogP contribution in [0.2, 0.25) is 0 Å². The molecule has 0 saturated heterocycles. The minimum Gasteiger partial charge on any atom is -0.486 e. The summed E-state index contributed by atoms with van der Waals surface area (Å²) >= 11 is 0. The van der Waals surface area contributed by atoms with Crippen LogP contribution in [0.3, 0.4) is 0 Å². The molecule has 1 heteroatoms. The lowest BCUT2D eigenvalue weighted by atomic mass is 9.82. The lowest BCUT2D eigenvalue weighted by molar-refractivity contribution is 0.0541. The standard InChI is InChI=1S/C17H18O/c1-4-10-17(11-5-1)12-14-9-8-13-6-2-3-7-15(13)16(14)18-17/h2-3,6-9H,1,4-5,10-12H2. The second-order valence-electron chi connectivity index (χ2n) is 5.80. The van der Waals surface area contributed by atoms with Gasteiger partial charge >= 0.3 is 0 Å². The molecule has 1 saturated carbocycles. The molecule has 1 fully saturated rings. The van der Waals surface area contributed by atoms with Crippen LogP contribution in [0.4, 0.5) is 0 Å². The van der Waals surface area contributed by atoms with Gasteiger partial charge in [0, 0.05) is 11.8 Å². The molecule has 0 aromatic heterocycles. The zero-order chi connectivity index (χ0) is 12.0. The van der Waals surface area contributed by atoms with Crippen molar-refractivity contribution >= 4 is 10.8 Å². The number of rotatable bonds is 0. The van der Waals surface area contributed by atoms with Gasteiger partial charge in [-0.15, -0.1) is 0 Å². The molecule has 0 atom stereocenters. The van der Waals surface area contributed by atoms with Gasteiger partial charge < -0.3 is 4.74 Å². The van der Waals surface area contributed by atoms with Gasteiger partial charge in [0.2, 0.25) is 0 Å². The molecular formula is C17H18O. The Hall–Kier alpha value is -1.50. The summed E-state index contributed by atoms with van der Waals surface area (Å²) in [6.45, 7) is 0. The van der Waals surface area contributed by atoms with Gasteiger partial charge in [-0.1, -0.05) is 42.8 Å². The zero-order valence-electron chi connectivity index (χ0n) is 10.6. The van der Waals surface area contributed by atoms with E-state index in [9.17, 15) is 0 Å². The largest absolute Gasteiger partial charge is 0.486 e. The monoisotopic (exact) mass is 238 g/mol. The van der Waals surface area contributed by atoms with Crippen LogP contribution < -0.4 is 4.74 Å². The molecule has 0 radical (unpaired) electrons. The molecule has 0 unspecified atom stereocenters. The molecule has 92 valence electrons. The predicted octanol–water partition coefficient (Wildman–Crippen LogP) is 4.48. The smallest absolute Gasteiger partial charge is 0.131 e. The normalized spacial score (nSPS) is 20.9. The Bertz CT molecular complexity index is 594. The van der Waals surface area contributed by atoms with Crippen LogP contribution in [-0.2, 0) is 6.42 Å². The highest BCUT2D eigenvalue weighted by Crippen LogP contribution is 2.46. The van der Waals surface area contributed by atoms with Crippen LogP contribution in [0, 0.1) is 0 Å². The van der Waals surface area contributed by atoms with Crippen molar-refractivity contribution in [3.8, 4) is 5.75 Å². The molecule has 2 aromatic carbocycles. The van der Waals surface area contributed by atoms with Crippen molar-refractivity contribution < 1.29 is 4.74 Å². The van der Waals surface area contributed by atoms with Gasteiger partial charge in [-0.2, -0.15) is 0 Å². The maximum absolute atomic E-state index is 6.45. The van der Waals surface area contributed by atoms with Crippen molar-refractivity contribution in [3.63, 3.8) is 0 Å². The third kappa shape index (κ3) is 1.46. The van der Waals surface area contributed by atoms with Crippen molar-refractivity contribution in [2.75, 3.05) is 0 Å². The fraction of sp³-hybridized carbons (Fsp3) is 0.412. The first-order valence-electron chi connectivity index (χ1n) is 7.06. The van der Waals surface area contributed by atoms with Gasteiger partial charge in [0.25, 0.3) is 0 Å². The Balaban J connectivity index is 1.83. The molecule has 1 aliphatic carbocycles. The van der Waals surface area contributed by atoms with Crippen molar-refractivity contribution in [2.45, 2.75) is 44.1 Å². The number of hydrogen-bond acceptors (Lipinski definition) is 1. The molecule has 1 heterocycles. The molecule has 0 amide bonds. The Kier molecular flexibility index (Phi) is 2.17. The second-order valence-corrected chi connectivity index (χ2v) is 5.80. The van der Waals surface area contributed by atoms with Crippen LogP contribution in [-0.4, -0.2) is 5.60 Å². The van der Waals surface area contributed by atoms with Gasteiger partial charge in [-0.3, -0.25) is 0 Å². The maximum atomic E-state index is 6.45. The molecule has 4 rings (SSSR count). The summed E-state index contributed by atoms with van der Waals surface area (Å²) in [5.74, 6) is 1.16. The maximum Gasteiger partial charge on any atom is 0.131 e. The van der Waals surface area contributed by atoms with Crippen LogP contribution in [0.25, 0.3) is 10.8 Å². The summed E-state index contributed by atoms with van der Waals surface area (Å²) < 4.78 is 6.45. The molecule has 0 N–H and O–H groups in total. The quantitative estimate of drug-likeness (QED) is 0.657. The van der Waals surface area contributed by atoms with E-state index in [1.165, 1.54) is 48.4 Å². The van der Waals surface area contributed by atoms with E-state index in [2.05, 4.69) is 36.4 Å².